The molecule has 2 aromatic carbocycles. The fourth-order valence-corrected chi connectivity index (χ4v) is 4.58. The normalized spacial score (nSPS) is 14.1. The number of nitro groups is 1. The molecule has 1 aliphatic heterocycles. The smallest absolute Gasteiger partial charge is 0.345 e. The number of para-hydroxylation sites is 1. The first kappa shape index (κ1) is 23.4. The predicted molar refractivity (Wildman–Crippen MR) is 134 cm³/mol. The van der Waals surface area contributed by atoms with Crippen LogP contribution in [0.25, 0.3) is 5.69 Å². The van der Waals surface area contributed by atoms with Crippen LogP contribution in [0.5, 0.6) is 5.75 Å². The van der Waals surface area contributed by atoms with Crippen LogP contribution in [-0.4, -0.2) is 67.0 Å². The SMILES string of the molecule is O=C(Nc1ncc([N+](=O)[O-])s1)c1ccc(-n2cc(CN3CCN(c4ccccc4)CC3)nn2)cc1O. The quantitative estimate of drug-likeness (QED) is 0.286. The third kappa shape index (κ3) is 5.16. The molecule has 0 bridgehead atoms. The molecule has 0 spiro atoms. The van der Waals surface area contributed by atoms with E-state index in [4.69, 9.17) is 0 Å². The summed E-state index contributed by atoms with van der Waals surface area (Å²) in [5.41, 5.74) is 2.58. The zero-order valence-electron chi connectivity index (χ0n) is 19.0. The number of carbonyl (C=O) groups is 1. The lowest BCUT2D eigenvalue weighted by Gasteiger charge is -2.35. The Bertz CT molecular complexity index is 1380. The Balaban J connectivity index is 1.19. The summed E-state index contributed by atoms with van der Waals surface area (Å²) >= 11 is 0.733. The number of hydrogen-bond donors (Lipinski definition) is 2. The number of thiazole rings is 1. The number of aromatic hydroxyl groups is 1. The van der Waals surface area contributed by atoms with Crippen molar-refractivity contribution in [2.75, 3.05) is 36.4 Å². The highest BCUT2D eigenvalue weighted by molar-refractivity contribution is 7.18. The predicted octanol–water partition coefficient (Wildman–Crippen LogP) is 2.91. The van der Waals surface area contributed by atoms with Gasteiger partial charge >= 0.3 is 5.00 Å². The Morgan fingerprint density at radius 2 is 1.89 bits per heavy atom. The Labute approximate surface area is 209 Å². The third-order valence-electron chi connectivity index (χ3n) is 5.80. The summed E-state index contributed by atoms with van der Waals surface area (Å²) in [6.45, 7) is 4.35. The van der Waals surface area contributed by atoms with E-state index in [1.807, 2.05) is 18.2 Å². The van der Waals surface area contributed by atoms with Gasteiger partial charge in [0.1, 0.15) is 11.9 Å². The molecule has 5 rings (SSSR count). The van der Waals surface area contributed by atoms with Crippen LogP contribution in [0.3, 0.4) is 0 Å². The van der Waals surface area contributed by atoms with Crippen molar-refractivity contribution in [3.8, 4) is 11.4 Å². The molecule has 2 aromatic heterocycles. The van der Waals surface area contributed by atoms with Gasteiger partial charge in [-0.1, -0.05) is 23.4 Å². The average molecular weight is 507 g/mol. The number of nitrogens with zero attached hydrogens (tertiary/aromatic N) is 7. The molecule has 12 nitrogen and oxygen atoms in total. The molecule has 1 amide bonds. The lowest BCUT2D eigenvalue weighted by molar-refractivity contribution is -0.380. The number of nitrogens with one attached hydrogen (secondary N) is 1. The fraction of sp³-hybridized carbons (Fsp3) is 0.217. The van der Waals surface area contributed by atoms with Crippen molar-refractivity contribution in [2.24, 2.45) is 0 Å². The Morgan fingerprint density at radius 3 is 2.58 bits per heavy atom. The lowest BCUT2D eigenvalue weighted by Crippen LogP contribution is -2.46. The van der Waals surface area contributed by atoms with Crippen molar-refractivity contribution in [2.45, 2.75) is 6.54 Å². The monoisotopic (exact) mass is 506 g/mol. The molecule has 0 unspecified atom stereocenters. The third-order valence-corrected chi connectivity index (χ3v) is 6.67. The first-order chi connectivity index (χ1) is 17.5. The van der Waals surface area contributed by atoms with Gasteiger partial charge in [0.25, 0.3) is 5.91 Å². The number of phenols is 1. The number of aromatic nitrogens is 4. The molecule has 0 aliphatic carbocycles. The van der Waals surface area contributed by atoms with E-state index in [0.29, 0.717) is 12.2 Å². The average Bonchev–Trinajstić information content (AvgIpc) is 3.55. The van der Waals surface area contributed by atoms with Crippen LogP contribution in [0.15, 0.2) is 60.9 Å². The van der Waals surface area contributed by atoms with Gasteiger partial charge < -0.3 is 10.0 Å². The fourth-order valence-electron chi connectivity index (χ4n) is 3.96. The van der Waals surface area contributed by atoms with Gasteiger partial charge in [-0.25, -0.2) is 9.67 Å². The van der Waals surface area contributed by atoms with Crippen LogP contribution >= 0.6 is 11.3 Å². The highest BCUT2D eigenvalue weighted by Crippen LogP contribution is 2.27. The van der Waals surface area contributed by atoms with Gasteiger partial charge in [0.15, 0.2) is 5.13 Å². The minimum absolute atomic E-state index is 0.00762. The molecule has 0 saturated carbocycles. The zero-order chi connectivity index (χ0) is 25.1. The van der Waals surface area contributed by atoms with Gasteiger partial charge in [-0.3, -0.25) is 25.1 Å². The molecule has 4 aromatic rings. The molecule has 184 valence electrons. The van der Waals surface area contributed by atoms with E-state index in [0.717, 1.165) is 49.4 Å². The molecule has 1 aliphatic rings. The maximum absolute atomic E-state index is 12.5. The zero-order valence-corrected chi connectivity index (χ0v) is 19.8. The summed E-state index contributed by atoms with van der Waals surface area (Å²) in [6, 6.07) is 14.9. The topological polar surface area (TPSA) is 143 Å². The van der Waals surface area contributed by atoms with Crippen molar-refractivity contribution in [3.63, 3.8) is 0 Å². The summed E-state index contributed by atoms with van der Waals surface area (Å²) in [4.78, 5) is 31.2. The molecule has 13 heteroatoms. The van der Waals surface area contributed by atoms with E-state index in [1.54, 1.807) is 16.9 Å². The van der Waals surface area contributed by atoms with E-state index < -0.39 is 10.8 Å². The van der Waals surface area contributed by atoms with E-state index in [2.05, 4.69) is 42.5 Å². The minimum Gasteiger partial charge on any atom is -0.507 e. The van der Waals surface area contributed by atoms with Gasteiger partial charge in [0.05, 0.1) is 28.1 Å². The Hall–Kier alpha value is -4.36. The first-order valence-electron chi connectivity index (χ1n) is 11.1. The second-order valence-corrected chi connectivity index (χ2v) is 9.18. The molecule has 3 heterocycles. The summed E-state index contributed by atoms with van der Waals surface area (Å²) in [5, 5.41) is 32.0. The summed E-state index contributed by atoms with van der Waals surface area (Å²) in [5.74, 6) is -0.887. The first-order valence-corrected chi connectivity index (χ1v) is 12.0. The molecule has 0 radical (unpaired) electrons. The second-order valence-electron chi connectivity index (χ2n) is 8.17. The second kappa shape index (κ2) is 10.1. The number of carbonyl (C=O) groups excluding carboxylic acids is 1. The highest BCUT2D eigenvalue weighted by atomic mass is 32.1. The van der Waals surface area contributed by atoms with E-state index in [-0.39, 0.29) is 21.4 Å². The minimum atomic E-state index is -0.628. The van der Waals surface area contributed by atoms with Crippen LogP contribution in [0.2, 0.25) is 0 Å². The number of piperazine rings is 1. The lowest BCUT2D eigenvalue weighted by atomic mass is 10.1. The molecule has 36 heavy (non-hydrogen) atoms. The largest absolute Gasteiger partial charge is 0.507 e. The number of benzene rings is 2. The van der Waals surface area contributed by atoms with Crippen molar-refractivity contribution >= 4 is 33.1 Å². The molecule has 1 saturated heterocycles. The summed E-state index contributed by atoms with van der Waals surface area (Å²) in [6.07, 6.45) is 2.86. The van der Waals surface area contributed by atoms with Gasteiger partial charge in [-0.15, -0.1) is 5.10 Å². The number of phenolic OH excluding ortho intramolecular Hbond substituents is 1. The molecule has 1 fully saturated rings. The Kier molecular flexibility index (Phi) is 6.56. The number of anilines is 2. The van der Waals surface area contributed by atoms with Crippen molar-refractivity contribution in [1.29, 1.82) is 0 Å². The van der Waals surface area contributed by atoms with E-state index >= 15 is 0 Å². The van der Waals surface area contributed by atoms with Gasteiger partial charge in [0.2, 0.25) is 0 Å². The summed E-state index contributed by atoms with van der Waals surface area (Å²) in [7, 11) is 0. The Morgan fingerprint density at radius 1 is 1.11 bits per heavy atom. The van der Waals surface area contributed by atoms with Gasteiger partial charge in [0, 0.05) is 44.5 Å². The number of rotatable bonds is 7. The van der Waals surface area contributed by atoms with Crippen molar-refractivity contribution in [3.05, 3.63) is 82.3 Å². The van der Waals surface area contributed by atoms with Crippen LogP contribution in [0.1, 0.15) is 16.1 Å². The van der Waals surface area contributed by atoms with E-state index in [1.165, 1.54) is 17.8 Å². The van der Waals surface area contributed by atoms with Gasteiger partial charge in [-0.05, 0) is 35.6 Å². The highest BCUT2D eigenvalue weighted by Gasteiger charge is 2.20. The number of amides is 1. The van der Waals surface area contributed by atoms with Crippen LogP contribution in [-0.2, 0) is 6.54 Å². The molecular weight excluding hydrogens is 484 g/mol. The maximum Gasteiger partial charge on any atom is 0.345 e. The maximum atomic E-state index is 12.5. The van der Waals surface area contributed by atoms with Crippen molar-refractivity contribution in [1.82, 2.24) is 24.9 Å². The van der Waals surface area contributed by atoms with E-state index in [9.17, 15) is 20.0 Å². The number of hydrogen-bond acceptors (Lipinski definition) is 10. The standard InChI is InChI=1S/C23H22N8O4S/c32-20-12-18(6-7-19(20)22(33)25-23-24-13-21(36-23)31(34)35)30-15-16(26-27-30)14-28-8-10-29(11-9-28)17-4-2-1-3-5-17/h1-7,12-13,15,32H,8-11,14H2,(H,24,25,33). The van der Waals surface area contributed by atoms with Crippen LogP contribution < -0.4 is 10.2 Å². The molecule has 2 N–H and O–H groups in total. The summed E-state index contributed by atoms with van der Waals surface area (Å²) < 4.78 is 1.54. The molecular formula is C23H22N8O4S. The van der Waals surface area contributed by atoms with Gasteiger partial charge in [-0.2, -0.15) is 0 Å². The molecule has 0 atom stereocenters. The van der Waals surface area contributed by atoms with Crippen LogP contribution in [0, 0.1) is 10.1 Å². The van der Waals surface area contributed by atoms with Crippen molar-refractivity contribution < 1.29 is 14.8 Å². The van der Waals surface area contributed by atoms with Crippen LogP contribution in [0.4, 0.5) is 15.8 Å².